The number of halogens is 1. The van der Waals surface area contributed by atoms with E-state index in [2.05, 4.69) is 41.3 Å². The molecule has 1 saturated heterocycles. The molecule has 1 nitrogen and oxygen atoms in total. The number of aryl methyl sites for hydroxylation is 1. The zero-order chi connectivity index (χ0) is 16.5. The average molecular weight is 321 g/mol. The Labute approximate surface area is 143 Å². The minimum absolute atomic E-state index is 0.110. The molecule has 2 heteroatoms. The summed E-state index contributed by atoms with van der Waals surface area (Å²) in [6.45, 7) is 2.88. The lowest BCUT2D eigenvalue weighted by atomic mass is 9.82. The molecule has 2 aromatic carbocycles. The summed E-state index contributed by atoms with van der Waals surface area (Å²) in [4.78, 5) is 2.67. The highest BCUT2D eigenvalue weighted by molar-refractivity contribution is 5.68. The van der Waals surface area contributed by atoms with Gasteiger partial charge in [0.2, 0.25) is 0 Å². The van der Waals surface area contributed by atoms with Gasteiger partial charge < -0.3 is 0 Å². The Balaban J connectivity index is 1.61. The number of hydrogen-bond donors (Lipinski definition) is 0. The molecular weight excluding hydrogens is 297 g/mol. The first-order valence-corrected chi connectivity index (χ1v) is 8.97. The van der Waals surface area contributed by atoms with Crippen molar-refractivity contribution in [1.29, 1.82) is 0 Å². The van der Waals surface area contributed by atoms with E-state index in [1.807, 2.05) is 19.1 Å². The molecule has 24 heavy (non-hydrogen) atoms. The van der Waals surface area contributed by atoms with Crippen molar-refractivity contribution in [3.05, 3.63) is 77.1 Å². The largest absolute Gasteiger partial charge is 0.289 e. The zero-order valence-corrected chi connectivity index (χ0v) is 14.2. The molecule has 0 saturated carbocycles. The minimum atomic E-state index is -0.110. The topological polar surface area (TPSA) is 3.24 Å². The van der Waals surface area contributed by atoms with E-state index in [0.29, 0.717) is 12.1 Å². The molecule has 0 aromatic heterocycles. The van der Waals surface area contributed by atoms with E-state index < -0.39 is 0 Å². The van der Waals surface area contributed by atoms with Crippen molar-refractivity contribution in [2.24, 2.45) is 0 Å². The van der Waals surface area contributed by atoms with Crippen molar-refractivity contribution in [1.82, 2.24) is 4.90 Å². The molecule has 124 valence electrons. The third-order valence-electron chi connectivity index (χ3n) is 5.52. The van der Waals surface area contributed by atoms with Crippen LogP contribution in [0.5, 0.6) is 0 Å². The summed E-state index contributed by atoms with van der Waals surface area (Å²) in [5.41, 5.74) is 4.73. The summed E-state index contributed by atoms with van der Waals surface area (Å²) in [5, 5.41) is 0. The predicted molar refractivity (Wildman–Crippen MR) is 97.1 cm³/mol. The summed E-state index contributed by atoms with van der Waals surface area (Å²) < 4.78 is 13.6. The normalized spacial score (nSPS) is 23.8. The van der Waals surface area contributed by atoms with Gasteiger partial charge in [0.25, 0.3) is 0 Å². The third-order valence-corrected chi connectivity index (χ3v) is 5.52. The van der Waals surface area contributed by atoms with Gasteiger partial charge in [0.05, 0.1) is 0 Å². The molecule has 0 radical (unpaired) electrons. The maximum absolute atomic E-state index is 13.6. The summed E-state index contributed by atoms with van der Waals surface area (Å²) in [6, 6.07) is 17.4. The van der Waals surface area contributed by atoms with Crippen LogP contribution in [0.1, 0.15) is 42.4 Å². The first kappa shape index (κ1) is 15.6. The number of rotatable bonds is 3. The SMILES string of the molecule is Cc1cc(C2=CC3CCCC(C2)N3Cc2ccccc2)ccc1F. The van der Waals surface area contributed by atoms with Gasteiger partial charge in [0, 0.05) is 18.6 Å². The second-order valence-electron chi connectivity index (χ2n) is 7.17. The van der Waals surface area contributed by atoms with E-state index in [4.69, 9.17) is 0 Å². The van der Waals surface area contributed by atoms with E-state index in [9.17, 15) is 4.39 Å². The number of nitrogens with zero attached hydrogens (tertiary/aromatic N) is 1. The van der Waals surface area contributed by atoms with Gasteiger partial charge in [0.15, 0.2) is 0 Å². The van der Waals surface area contributed by atoms with Crippen LogP contribution in [-0.2, 0) is 6.54 Å². The summed E-state index contributed by atoms with van der Waals surface area (Å²) in [7, 11) is 0. The molecule has 2 bridgehead atoms. The minimum Gasteiger partial charge on any atom is -0.289 e. The maximum atomic E-state index is 13.6. The molecule has 2 unspecified atom stereocenters. The Bertz CT molecular complexity index is 750. The molecule has 2 aliphatic heterocycles. The van der Waals surface area contributed by atoms with Gasteiger partial charge in [-0.15, -0.1) is 0 Å². The quantitative estimate of drug-likeness (QED) is 0.737. The van der Waals surface area contributed by atoms with E-state index >= 15 is 0 Å². The van der Waals surface area contributed by atoms with Crippen molar-refractivity contribution in [3.8, 4) is 0 Å². The molecule has 2 atom stereocenters. The Kier molecular flexibility index (Phi) is 4.24. The van der Waals surface area contributed by atoms with Gasteiger partial charge in [-0.2, -0.15) is 0 Å². The standard InChI is InChI=1S/C22H24FN/c1-16-12-18(10-11-22(16)23)19-13-20-8-5-9-21(14-19)24(20)15-17-6-3-2-4-7-17/h2-4,6-7,10-13,20-21H,5,8-9,14-15H2,1H3. The Morgan fingerprint density at radius 1 is 1.08 bits per heavy atom. The van der Waals surface area contributed by atoms with Crippen LogP contribution in [-0.4, -0.2) is 17.0 Å². The molecule has 0 N–H and O–H groups in total. The first-order valence-electron chi connectivity index (χ1n) is 8.97. The number of benzene rings is 2. The van der Waals surface area contributed by atoms with Crippen molar-refractivity contribution >= 4 is 5.57 Å². The van der Waals surface area contributed by atoms with Gasteiger partial charge in [-0.1, -0.05) is 48.9 Å². The van der Waals surface area contributed by atoms with Crippen LogP contribution in [0.4, 0.5) is 4.39 Å². The van der Waals surface area contributed by atoms with Crippen LogP contribution in [0.2, 0.25) is 0 Å². The van der Waals surface area contributed by atoms with Crippen molar-refractivity contribution in [2.75, 3.05) is 0 Å². The lowest BCUT2D eigenvalue weighted by Gasteiger charge is -2.45. The summed E-state index contributed by atoms with van der Waals surface area (Å²) >= 11 is 0. The smallest absolute Gasteiger partial charge is 0.126 e. The summed E-state index contributed by atoms with van der Waals surface area (Å²) in [6.07, 6.45) is 7.32. The lowest BCUT2D eigenvalue weighted by Crippen LogP contribution is -2.47. The molecule has 2 heterocycles. The molecule has 1 fully saturated rings. The second-order valence-corrected chi connectivity index (χ2v) is 7.17. The molecule has 2 aliphatic rings. The van der Waals surface area contributed by atoms with E-state index in [1.165, 1.54) is 36.0 Å². The molecule has 4 rings (SSSR count). The highest BCUT2D eigenvalue weighted by atomic mass is 19.1. The van der Waals surface area contributed by atoms with Crippen molar-refractivity contribution in [2.45, 2.75) is 51.2 Å². The lowest BCUT2D eigenvalue weighted by molar-refractivity contribution is 0.0951. The van der Waals surface area contributed by atoms with Gasteiger partial charge >= 0.3 is 0 Å². The average Bonchev–Trinajstić information content (AvgIpc) is 2.58. The van der Waals surface area contributed by atoms with Crippen LogP contribution < -0.4 is 0 Å². The highest BCUT2D eigenvalue weighted by Crippen LogP contribution is 2.38. The fourth-order valence-electron chi connectivity index (χ4n) is 4.22. The fraction of sp³-hybridized carbons (Fsp3) is 0.364. The van der Waals surface area contributed by atoms with E-state index in [1.54, 1.807) is 6.07 Å². The predicted octanol–water partition coefficient (Wildman–Crippen LogP) is 5.34. The Hall–Kier alpha value is -1.93. The molecule has 0 amide bonds. The van der Waals surface area contributed by atoms with Crippen LogP contribution >= 0.6 is 0 Å². The second kappa shape index (κ2) is 6.52. The molecular formula is C22H24FN. The van der Waals surface area contributed by atoms with Crippen LogP contribution in [0.25, 0.3) is 5.57 Å². The third kappa shape index (κ3) is 3.03. The van der Waals surface area contributed by atoms with E-state index in [0.717, 1.165) is 18.5 Å². The van der Waals surface area contributed by atoms with Crippen LogP contribution in [0.15, 0.2) is 54.6 Å². The fourth-order valence-corrected chi connectivity index (χ4v) is 4.22. The van der Waals surface area contributed by atoms with Gasteiger partial charge in [0.1, 0.15) is 5.82 Å². The van der Waals surface area contributed by atoms with Gasteiger partial charge in [-0.25, -0.2) is 4.39 Å². The molecule has 0 spiro atoms. The number of fused-ring (bicyclic) bond motifs is 2. The van der Waals surface area contributed by atoms with Gasteiger partial charge in [-0.3, -0.25) is 4.90 Å². The van der Waals surface area contributed by atoms with Crippen molar-refractivity contribution in [3.63, 3.8) is 0 Å². The summed E-state index contributed by atoms with van der Waals surface area (Å²) in [5.74, 6) is -0.110. The van der Waals surface area contributed by atoms with Crippen molar-refractivity contribution < 1.29 is 4.39 Å². The van der Waals surface area contributed by atoms with Gasteiger partial charge in [-0.05, 0) is 60.6 Å². The Morgan fingerprint density at radius 2 is 1.92 bits per heavy atom. The molecule has 2 aromatic rings. The highest BCUT2D eigenvalue weighted by Gasteiger charge is 2.34. The zero-order valence-electron chi connectivity index (χ0n) is 14.2. The van der Waals surface area contributed by atoms with Crippen LogP contribution in [0.3, 0.4) is 0 Å². The molecule has 0 aliphatic carbocycles. The monoisotopic (exact) mass is 321 g/mol. The van der Waals surface area contributed by atoms with Crippen LogP contribution in [0, 0.1) is 12.7 Å². The van der Waals surface area contributed by atoms with E-state index in [-0.39, 0.29) is 5.82 Å². The Morgan fingerprint density at radius 3 is 2.67 bits per heavy atom. The number of piperidine rings is 1. The number of hydrogen-bond acceptors (Lipinski definition) is 1. The maximum Gasteiger partial charge on any atom is 0.126 e. The first-order chi connectivity index (χ1) is 11.7.